The first-order valence-electron chi connectivity index (χ1n) is 1.15. The molecule has 0 atom stereocenters. The molecule has 0 aliphatic heterocycles. The molecule has 0 aliphatic rings. The van der Waals surface area contributed by atoms with E-state index in [0.717, 1.165) is 0 Å². The van der Waals surface area contributed by atoms with Crippen LogP contribution in [0.15, 0.2) is 0 Å². The zero-order chi connectivity index (χ0) is 8.08. The van der Waals surface area contributed by atoms with Gasteiger partial charge in [-0.3, -0.25) is 0 Å². The summed E-state index contributed by atoms with van der Waals surface area (Å²) in [6.07, 6.45) is 0. The molecule has 0 aliphatic carbocycles. The number of hydrogen-bond donors (Lipinski definition) is 1. The minimum Gasteiger partial charge on any atom is -0.427 e. The first-order chi connectivity index (χ1) is 3.73. The molecular formula is HIKNaO7Se. The Balaban J connectivity index is -0.0000000383. The molecular weight excluding hydrogens is 380 g/mol. The van der Waals surface area contributed by atoms with E-state index in [1.165, 1.54) is 0 Å². The topological polar surface area (TPSA) is 147 Å². The normalized spacial score (nSPS) is 8.55. The van der Waals surface area contributed by atoms with Crippen molar-refractivity contribution in [3.05, 3.63) is 0 Å². The fourth-order valence-corrected chi connectivity index (χ4v) is 0. The van der Waals surface area contributed by atoms with Gasteiger partial charge in [0.15, 0.2) is 0 Å². The van der Waals surface area contributed by atoms with Gasteiger partial charge in [0.25, 0.3) is 21.1 Å². The molecule has 0 fully saturated rings. The van der Waals surface area contributed by atoms with Crippen molar-refractivity contribution in [2.24, 2.45) is 0 Å². The van der Waals surface area contributed by atoms with E-state index in [1.54, 1.807) is 0 Å². The number of halogens is 1. The summed E-state index contributed by atoms with van der Waals surface area (Å²) in [7, 11) is 0. The average molecular weight is 381 g/mol. The van der Waals surface area contributed by atoms with Crippen molar-refractivity contribution in [1.29, 1.82) is 0 Å². The second kappa shape index (κ2) is 13.3. The SMILES string of the molecule is O=[Se](=O)([O-])O.[K+].[Na+].[O-][I+2]([O-])[O-]. The number of rotatable bonds is 0. The molecule has 7 nitrogen and oxygen atoms in total. The first-order valence-corrected chi connectivity index (χ1v) is 6.65. The summed E-state index contributed by atoms with van der Waals surface area (Å²) in [6, 6.07) is 0. The second-order valence-corrected chi connectivity index (χ2v) is 3.49. The maximum atomic E-state index is 8.70. The smallest absolute Gasteiger partial charge is 0.427 e. The van der Waals surface area contributed by atoms with E-state index in [2.05, 4.69) is 0 Å². The fraction of sp³-hybridized carbons (Fsp3) is 0. The Kier molecular flexibility index (Phi) is 28.8. The molecule has 58 valence electrons. The van der Waals surface area contributed by atoms with E-state index >= 15 is 0 Å². The molecule has 0 radical (unpaired) electrons. The van der Waals surface area contributed by atoms with Gasteiger partial charge in [-0.2, -0.15) is 0 Å². The average Bonchev–Trinajstić information content (AvgIpc) is 1.19. The first kappa shape index (κ1) is 23.8. The molecule has 0 aromatic carbocycles. The van der Waals surface area contributed by atoms with Crippen LogP contribution in [0.4, 0.5) is 0 Å². The van der Waals surface area contributed by atoms with Crippen LogP contribution in [0.1, 0.15) is 0 Å². The van der Waals surface area contributed by atoms with Gasteiger partial charge in [0.2, 0.25) is 0 Å². The van der Waals surface area contributed by atoms with Crippen LogP contribution in [0.5, 0.6) is 0 Å². The maximum Gasteiger partial charge on any atom is 1.00 e. The van der Waals surface area contributed by atoms with E-state index in [-0.39, 0.29) is 80.9 Å². The van der Waals surface area contributed by atoms with E-state index in [1.807, 2.05) is 0 Å². The van der Waals surface area contributed by atoms with Crippen LogP contribution in [-0.4, -0.2) is 17.6 Å². The van der Waals surface area contributed by atoms with Gasteiger partial charge in [0.05, 0.1) is 0 Å². The molecule has 0 rings (SSSR count). The van der Waals surface area contributed by atoms with Crippen LogP contribution >= 0.6 is 0 Å². The van der Waals surface area contributed by atoms with Crippen LogP contribution < -0.4 is 117 Å². The van der Waals surface area contributed by atoms with Gasteiger partial charge in [-0.05, 0) is 0 Å². The molecule has 0 saturated carbocycles. The van der Waals surface area contributed by atoms with Crippen molar-refractivity contribution < 1.29 is 128 Å². The van der Waals surface area contributed by atoms with Crippen LogP contribution in [0, 0.1) is 0 Å². The number of hydrogen-bond acceptors (Lipinski definition) is 6. The van der Waals surface area contributed by atoms with Crippen molar-refractivity contribution in [3.63, 3.8) is 0 Å². The summed E-state index contributed by atoms with van der Waals surface area (Å²) in [5, 5.41) is 0. The Hall–Kier alpha value is 3.29. The predicted octanol–water partition coefficient (Wildman–Crippen LogP) is -14.9. The summed E-state index contributed by atoms with van der Waals surface area (Å²) in [5.41, 5.74) is 0. The molecule has 0 bridgehead atoms. The van der Waals surface area contributed by atoms with Gasteiger partial charge in [-0.25, -0.2) is 0 Å². The quantitative estimate of drug-likeness (QED) is 0.324. The summed E-state index contributed by atoms with van der Waals surface area (Å²) < 4.78 is 58.8. The summed E-state index contributed by atoms with van der Waals surface area (Å²) in [5.74, 6) is 0. The summed E-state index contributed by atoms with van der Waals surface area (Å²) in [6.45, 7) is 0. The van der Waals surface area contributed by atoms with Crippen molar-refractivity contribution in [2.45, 2.75) is 0 Å². The molecule has 1 N–H and O–H groups in total. The van der Waals surface area contributed by atoms with Gasteiger partial charge >= 0.3 is 110 Å². The molecule has 11 heteroatoms. The molecule has 0 spiro atoms. The Morgan fingerprint density at radius 3 is 1.18 bits per heavy atom. The summed E-state index contributed by atoms with van der Waals surface area (Å²) in [4.78, 5) is 0. The molecule has 0 aromatic heterocycles. The van der Waals surface area contributed by atoms with Crippen molar-refractivity contribution in [2.75, 3.05) is 0 Å². The van der Waals surface area contributed by atoms with Crippen LogP contribution in [0.25, 0.3) is 0 Å². The zero-order valence-corrected chi connectivity index (χ0v) is 14.7. The van der Waals surface area contributed by atoms with Gasteiger partial charge < -0.3 is 10.3 Å². The van der Waals surface area contributed by atoms with Crippen molar-refractivity contribution >= 4 is 13.4 Å². The van der Waals surface area contributed by atoms with Crippen LogP contribution in [-0.2, 0) is 7.67 Å². The molecule has 0 saturated heterocycles. The molecule has 11 heavy (non-hydrogen) atoms. The predicted molar refractivity (Wildman–Crippen MR) is 9.35 cm³/mol. The van der Waals surface area contributed by atoms with Crippen molar-refractivity contribution in [1.82, 2.24) is 0 Å². The maximum absolute atomic E-state index is 8.70. The monoisotopic (exact) mass is 382 g/mol. The minimum absolute atomic E-state index is 0. The Labute approximate surface area is 138 Å². The third-order valence-corrected chi connectivity index (χ3v) is 0. The third kappa shape index (κ3) is 157. The van der Waals surface area contributed by atoms with Gasteiger partial charge in [0, 0.05) is 0 Å². The van der Waals surface area contributed by atoms with E-state index in [0.29, 0.717) is 0 Å². The second-order valence-electron chi connectivity index (χ2n) is 0.617. The Morgan fingerprint density at radius 1 is 1.18 bits per heavy atom. The van der Waals surface area contributed by atoms with Crippen LogP contribution in [0.2, 0.25) is 0 Å². The van der Waals surface area contributed by atoms with Gasteiger partial charge in [-0.15, -0.1) is 0 Å². The third-order valence-electron chi connectivity index (χ3n) is 0. The van der Waals surface area contributed by atoms with Crippen LogP contribution in [0.3, 0.4) is 0 Å². The van der Waals surface area contributed by atoms with E-state index in [4.69, 9.17) is 26.4 Å². The standard InChI is InChI=1S/IO3.K.Na.H2O4Se/c2-1(3)4;;;1-5(2,3)4/h;;;(H2,1,2,3,4)/q-1;2*+1;/p-1. The largest absolute Gasteiger partial charge is 1.00 e. The minimum atomic E-state index is -5.50. The molecule has 0 heterocycles. The van der Waals surface area contributed by atoms with Gasteiger partial charge in [-0.1, -0.05) is 0 Å². The van der Waals surface area contributed by atoms with Crippen molar-refractivity contribution in [3.8, 4) is 0 Å². The van der Waals surface area contributed by atoms with E-state index < -0.39 is 34.4 Å². The molecule has 0 unspecified atom stereocenters. The molecule has 0 aromatic rings. The Morgan fingerprint density at radius 2 is 1.18 bits per heavy atom. The zero-order valence-electron chi connectivity index (χ0n) is 5.68. The summed E-state index contributed by atoms with van der Waals surface area (Å²) >= 11 is -9.51. The molecule has 0 amide bonds. The van der Waals surface area contributed by atoms with E-state index in [9.17, 15) is 0 Å². The fourth-order valence-electron chi connectivity index (χ4n) is 0. The Bertz CT molecular complexity index is 130. The van der Waals surface area contributed by atoms with Gasteiger partial charge in [0.1, 0.15) is 0 Å².